The Kier molecular flexibility index (Phi) is 4.56. The molecule has 15 heavy (non-hydrogen) atoms. The van der Waals surface area contributed by atoms with E-state index >= 15 is 0 Å². The molecule has 0 amide bonds. The van der Waals surface area contributed by atoms with Crippen molar-refractivity contribution < 1.29 is 9.84 Å². The van der Waals surface area contributed by atoms with Crippen molar-refractivity contribution in [1.82, 2.24) is 4.90 Å². The molecule has 1 rings (SSSR count). The number of likely N-dealkylation sites (tertiary alicyclic amines) is 1. The summed E-state index contributed by atoms with van der Waals surface area (Å²) in [6.45, 7) is 11.0. The summed E-state index contributed by atoms with van der Waals surface area (Å²) in [5.74, 6) is -0.144. The highest BCUT2D eigenvalue weighted by atomic mass is 16.6. The molecule has 0 aromatic carbocycles. The van der Waals surface area contributed by atoms with Crippen LogP contribution in [0.3, 0.4) is 0 Å². The molecule has 0 aromatic rings. The van der Waals surface area contributed by atoms with Crippen LogP contribution in [0.5, 0.6) is 0 Å². The number of hydrogen-bond acceptors (Lipinski definition) is 3. The summed E-state index contributed by atoms with van der Waals surface area (Å²) in [5, 5.41) is 9.52. The number of ether oxygens (including phenoxy) is 1. The van der Waals surface area contributed by atoms with Crippen molar-refractivity contribution >= 4 is 0 Å². The molecule has 1 fully saturated rings. The zero-order chi connectivity index (χ0) is 11.5. The van der Waals surface area contributed by atoms with Gasteiger partial charge in [-0.25, -0.2) is 0 Å². The van der Waals surface area contributed by atoms with Crippen LogP contribution in [-0.2, 0) is 4.74 Å². The normalized spacial score (nSPS) is 23.0. The minimum atomic E-state index is -1.01. The zero-order valence-electron chi connectivity index (χ0n) is 10.5. The Morgan fingerprint density at radius 3 is 2.40 bits per heavy atom. The Hall–Kier alpha value is -0.120. The molecule has 1 atom stereocenters. The molecular weight excluding hydrogens is 190 g/mol. The number of nitrogens with zero attached hydrogens (tertiary/aromatic N) is 1. The SMILES string of the molecule is CC1CCN(CC(C)OC(C)(C)O)CC1. The lowest BCUT2D eigenvalue weighted by Gasteiger charge is -2.33. The highest BCUT2D eigenvalue weighted by molar-refractivity contribution is 4.71. The van der Waals surface area contributed by atoms with E-state index in [1.807, 2.05) is 6.92 Å². The summed E-state index contributed by atoms with van der Waals surface area (Å²) in [6.07, 6.45) is 2.67. The van der Waals surface area contributed by atoms with Crippen molar-refractivity contribution in [1.29, 1.82) is 0 Å². The summed E-state index contributed by atoms with van der Waals surface area (Å²) in [5.41, 5.74) is 0. The molecule has 1 N–H and O–H groups in total. The summed E-state index contributed by atoms with van der Waals surface area (Å²) in [6, 6.07) is 0. The van der Waals surface area contributed by atoms with Gasteiger partial charge < -0.3 is 14.7 Å². The van der Waals surface area contributed by atoms with Crippen molar-refractivity contribution in [3.8, 4) is 0 Å². The van der Waals surface area contributed by atoms with E-state index in [0.717, 1.165) is 12.5 Å². The standard InChI is InChI=1S/C12H25NO2/c1-10-5-7-13(8-6-10)9-11(2)15-12(3,4)14/h10-11,14H,5-9H2,1-4H3. The molecule has 3 nitrogen and oxygen atoms in total. The van der Waals surface area contributed by atoms with Gasteiger partial charge in [0.25, 0.3) is 0 Å². The third-order valence-electron chi connectivity index (χ3n) is 2.88. The van der Waals surface area contributed by atoms with E-state index in [0.29, 0.717) is 0 Å². The first-order chi connectivity index (χ1) is 6.87. The van der Waals surface area contributed by atoms with Crippen LogP contribution in [0.2, 0.25) is 0 Å². The second kappa shape index (κ2) is 5.28. The van der Waals surface area contributed by atoms with Crippen LogP contribution in [0.4, 0.5) is 0 Å². The smallest absolute Gasteiger partial charge is 0.160 e. The van der Waals surface area contributed by atoms with Gasteiger partial charge in [0.15, 0.2) is 5.79 Å². The van der Waals surface area contributed by atoms with Crippen molar-refractivity contribution in [3.05, 3.63) is 0 Å². The Balaban J connectivity index is 2.23. The minimum Gasteiger partial charge on any atom is -0.366 e. The van der Waals surface area contributed by atoms with Crippen LogP contribution >= 0.6 is 0 Å². The van der Waals surface area contributed by atoms with Gasteiger partial charge in [0.2, 0.25) is 0 Å². The van der Waals surface area contributed by atoms with Gasteiger partial charge in [-0.05, 0) is 52.6 Å². The van der Waals surface area contributed by atoms with Crippen molar-refractivity contribution in [2.45, 2.75) is 52.4 Å². The van der Waals surface area contributed by atoms with Crippen LogP contribution < -0.4 is 0 Å². The molecule has 1 aliphatic heterocycles. The third kappa shape index (κ3) is 5.50. The molecule has 1 saturated heterocycles. The Morgan fingerprint density at radius 1 is 1.40 bits per heavy atom. The maximum Gasteiger partial charge on any atom is 0.160 e. The second-order valence-corrected chi connectivity index (χ2v) is 5.36. The average molecular weight is 215 g/mol. The lowest BCUT2D eigenvalue weighted by molar-refractivity contribution is -0.204. The molecule has 1 unspecified atom stereocenters. The minimum absolute atomic E-state index is 0.0957. The lowest BCUT2D eigenvalue weighted by atomic mass is 9.99. The number of aliphatic hydroxyl groups is 1. The monoisotopic (exact) mass is 215 g/mol. The Labute approximate surface area is 93.4 Å². The molecule has 0 radical (unpaired) electrons. The second-order valence-electron chi connectivity index (χ2n) is 5.36. The molecular formula is C12H25NO2. The van der Waals surface area contributed by atoms with Crippen LogP contribution in [0, 0.1) is 5.92 Å². The van der Waals surface area contributed by atoms with E-state index in [4.69, 9.17) is 4.74 Å². The van der Waals surface area contributed by atoms with E-state index in [2.05, 4.69) is 11.8 Å². The molecule has 0 aliphatic carbocycles. The van der Waals surface area contributed by atoms with E-state index in [9.17, 15) is 5.11 Å². The summed E-state index contributed by atoms with van der Waals surface area (Å²) >= 11 is 0. The number of rotatable bonds is 4. The molecule has 3 heteroatoms. The maximum absolute atomic E-state index is 9.52. The molecule has 0 bridgehead atoms. The van der Waals surface area contributed by atoms with Gasteiger partial charge in [-0.1, -0.05) is 6.92 Å². The van der Waals surface area contributed by atoms with Gasteiger partial charge >= 0.3 is 0 Å². The van der Waals surface area contributed by atoms with Gasteiger partial charge in [0, 0.05) is 6.54 Å². The highest BCUT2D eigenvalue weighted by Crippen LogP contribution is 2.17. The van der Waals surface area contributed by atoms with Gasteiger partial charge in [0.05, 0.1) is 6.10 Å². The van der Waals surface area contributed by atoms with Gasteiger partial charge in [0.1, 0.15) is 0 Å². The lowest BCUT2D eigenvalue weighted by Crippen LogP contribution is -2.41. The van der Waals surface area contributed by atoms with Gasteiger partial charge in [-0.2, -0.15) is 0 Å². The number of hydrogen-bond donors (Lipinski definition) is 1. The summed E-state index contributed by atoms with van der Waals surface area (Å²) in [7, 11) is 0. The third-order valence-corrected chi connectivity index (χ3v) is 2.88. The maximum atomic E-state index is 9.52. The van der Waals surface area contributed by atoms with Crippen molar-refractivity contribution in [2.24, 2.45) is 5.92 Å². The predicted molar refractivity (Wildman–Crippen MR) is 61.7 cm³/mol. The Bertz CT molecular complexity index is 181. The van der Waals surface area contributed by atoms with E-state index < -0.39 is 5.79 Å². The molecule has 1 heterocycles. The first kappa shape index (κ1) is 12.9. The summed E-state index contributed by atoms with van der Waals surface area (Å²) in [4.78, 5) is 2.43. The first-order valence-electron chi connectivity index (χ1n) is 5.99. The fourth-order valence-corrected chi connectivity index (χ4v) is 2.14. The van der Waals surface area contributed by atoms with Crippen molar-refractivity contribution in [2.75, 3.05) is 19.6 Å². The van der Waals surface area contributed by atoms with Crippen LogP contribution in [0.15, 0.2) is 0 Å². The molecule has 90 valence electrons. The highest BCUT2D eigenvalue weighted by Gasteiger charge is 2.21. The average Bonchev–Trinajstić information content (AvgIpc) is 2.05. The zero-order valence-corrected chi connectivity index (χ0v) is 10.5. The van der Waals surface area contributed by atoms with Crippen molar-refractivity contribution in [3.63, 3.8) is 0 Å². The van der Waals surface area contributed by atoms with E-state index in [1.54, 1.807) is 13.8 Å². The molecule has 0 spiro atoms. The largest absolute Gasteiger partial charge is 0.366 e. The van der Waals surface area contributed by atoms with E-state index in [-0.39, 0.29) is 6.10 Å². The van der Waals surface area contributed by atoms with Gasteiger partial charge in [-0.15, -0.1) is 0 Å². The van der Waals surface area contributed by atoms with Crippen LogP contribution in [0.25, 0.3) is 0 Å². The van der Waals surface area contributed by atoms with Crippen LogP contribution in [0.1, 0.15) is 40.5 Å². The summed E-state index contributed by atoms with van der Waals surface area (Å²) < 4.78 is 5.48. The first-order valence-corrected chi connectivity index (χ1v) is 5.99. The molecule has 1 aliphatic rings. The van der Waals surface area contributed by atoms with E-state index in [1.165, 1.54) is 25.9 Å². The molecule has 0 saturated carbocycles. The molecule has 0 aromatic heterocycles. The van der Waals surface area contributed by atoms with Gasteiger partial charge in [-0.3, -0.25) is 0 Å². The Morgan fingerprint density at radius 2 is 1.93 bits per heavy atom. The topological polar surface area (TPSA) is 32.7 Å². The number of piperidine rings is 1. The fourth-order valence-electron chi connectivity index (χ4n) is 2.14. The fraction of sp³-hybridized carbons (Fsp3) is 1.00. The predicted octanol–water partition coefficient (Wildman–Crippen LogP) is 1.85. The quantitative estimate of drug-likeness (QED) is 0.726. The van der Waals surface area contributed by atoms with Crippen LogP contribution in [-0.4, -0.2) is 41.5 Å².